The lowest BCUT2D eigenvalue weighted by atomic mass is 9.82. The number of methoxy groups -OCH3 is 4. The van der Waals surface area contributed by atoms with Crippen molar-refractivity contribution in [1.82, 2.24) is 4.90 Å². The van der Waals surface area contributed by atoms with E-state index in [4.69, 9.17) is 18.9 Å². The molecule has 0 N–H and O–H groups in total. The van der Waals surface area contributed by atoms with E-state index >= 15 is 0 Å². The van der Waals surface area contributed by atoms with E-state index in [2.05, 4.69) is 0 Å². The summed E-state index contributed by atoms with van der Waals surface area (Å²) in [6.45, 7) is 0.476. The topological polar surface area (TPSA) is 77.5 Å². The normalized spacial score (nSPS) is 17.1. The summed E-state index contributed by atoms with van der Waals surface area (Å²) in [7, 11) is 8.01. The van der Waals surface area contributed by atoms with Gasteiger partial charge in [-0.1, -0.05) is 42.5 Å². The highest BCUT2D eigenvalue weighted by atomic mass is 16.5. The van der Waals surface area contributed by atoms with Crippen molar-refractivity contribution in [2.45, 2.75) is 25.4 Å². The van der Waals surface area contributed by atoms with Gasteiger partial charge in [0.2, 0.25) is 17.6 Å². The van der Waals surface area contributed by atoms with Crippen molar-refractivity contribution in [2.75, 3.05) is 40.4 Å². The predicted molar refractivity (Wildman–Crippen MR) is 145 cm³/mol. The molecule has 0 bridgehead atoms. The summed E-state index contributed by atoms with van der Waals surface area (Å²) in [5.74, 6) is 1.40. The highest BCUT2D eigenvalue weighted by Gasteiger charge is 2.43. The molecule has 4 rings (SSSR count). The van der Waals surface area contributed by atoms with E-state index in [0.717, 1.165) is 11.1 Å². The molecule has 2 atom stereocenters. The van der Waals surface area contributed by atoms with Gasteiger partial charge in [0.15, 0.2) is 11.5 Å². The Morgan fingerprint density at radius 1 is 0.895 bits per heavy atom. The average Bonchev–Trinajstić information content (AvgIpc) is 2.96. The standard InChI is InChI=1S/C30H34N2O6/c1-31(19-20-9-7-6-8-10-20)30(34)24-15-16-27(33)32(28(24)21-11-13-23(35-2)14-12-21)22-17-25(36-3)29(38-5)26(18-22)37-4/h6-14,17-18,24,28H,15-16,19H2,1-5H3. The van der Waals surface area contributed by atoms with Crippen LogP contribution in [0, 0.1) is 5.92 Å². The fourth-order valence-corrected chi connectivity index (χ4v) is 5.06. The van der Waals surface area contributed by atoms with Gasteiger partial charge in [-0.25, -0.2) is 0 Å². The third-order valence-corrected chi connectivity index (χ3v) is 6.94. The van der Waals surface area contributed by atoms with E-state index < -0.39 is 12.0 Å². The highest BCUT2D eigenvalue weighted by molar-refractivity contribution is 5.98. The van der Waals surface area contributed by atoms with E-state index in [-0.39, 0.29) is 18.2 Å². The Balaban J connectivity index is 1.79. The molecule has 0 aromatic heterocycles. The first-order chi connectivity index (χ1) is 18.4. The minimum absolute atomic E-state index is 0.0281. The van der Waals surface area contributed by atoms with E-state index in [1.807, 2.05) is 54.6 Å². The summed E-state index contributed by atoms with van der Waals surface area (Å²) in [6, 6.07) is 20.3. The second-order valence-electron chi connectivity index (χ2n) is 9.19. The molecule has 1 aliphatic rings. The van der Waals surface area contributed by atoms with Gasteiger partial charge in [-0.2, -0.15) is 0 Å². The van der Waals surface area contributed by atoms with Crippen molar-refractivity contribution >= 4 is 17.5 Å². The molecule has 1 heterocycles. The van der Waals surface area contributed by atoms with Crippen LogP contribution in [0.15, 0.2) is 66.7 Å². The lowest BCUT2D eigenvalue weighted by Gasteiger charge is -2.42. The summed E-state index contributed by atoms with van der Waals surface area (Å²) in [4.78, 5) is 30.9. The summed E-state index contributed by atoms with van der Waals surface area (Å²) in [5.41, 5.74) is 2.44. The smallest absolute Gasteiger partial charge is 0.228 e. The van der Waals surface area contributed by atoms with Crippen LogP contribution >= 0.6 is 0 Å². The molecule has 0 saturated carbocycles. The number of piperidine rings is 1. The van der Waals surface area contributed by atoms with Crippen LogP contribution in [0.1, 0.15) is 30.0 Å². The number of hydrogen-bond donors (Lipinski definition) is 0. The number of benzene rings is 3. The summed E-state index contributed by atoms with van der Waals surface area (Å²) >= 11 is 0. The van der Waals surface area contributed by atoms with E-state index in [1.54, 1.807) is 36.1 Å². The van der Waals surface area contributed by atoms with Crippen molar-refractivity contribution < 1.29 is 28.5 Å². The average molecular weight is 519 g/mol. The van der Waals surface area contributed by atoms with E-state index in [0.29, 0.717) is 41.7 Å². The van der Waals surface area contributed by atoms with Gasteiger partial charge in [-0.15, -0.1) is 0 Å². The maximum atomic E-state index is 13.9. The third-order valence-electron chi connectivity index (χ3n) is 6.94. The van der Waals surface area contributed by atoms with Crippen LogP contribution in [-0.2, 0) is 16.1 Å². The summed E-state index contributed by atoms with van der Waals surface area (Å²) in [5, 5.41) is 0. The molecule has 38 heavy (non-hydrogen) atoms. The summed E-state index contributed by atoms with van der Waals surface area (Å²) < 4.78 is 22.0. The zero-order valence-corrected chi connectivity index (χ0v) is 22.5. The highest BCUT2D eigenvalue weighted by Crippen LogP contribution is 2.46. The van der Waals surface area contributed by atoms with Crippen LogP contribution in [0.5, 0.6) is 23.0 Å². The van der Waals surface area contributed by atoms with Crippen molar-refractivity contribution in [2.24, 2.45) is 5.92 Å². The molecule has 0 radical (unpaired) electrons. The number of nitrogens with zero attached hydrogens (tertiary/aromatic N) is 2. The van der Waals surface area contributed by atoms with E-state index in [9.17, 15) is 9.59 Å². The van der Waals surface area contributed by atoms with Crippen molar-refractivity contribution in [3.8, 4) is 23.0 Å². The van der Waals surface area contributed by atoms with Gasteiger partial charge in [0, 0.05) is 32.1 Å². The van der Waals surface area contributed by atoms with Crippen LogP contribution in [0.25, 0.3) is 0 Å². The molecule has 2 unspecified atom stereocenters. The third kappa shape index (κ3) is 5.39. The van der Waals surface area contributed by atoms with Crippen LogP contribution in [-0.4, -0.2) is 52.2 Å². The molecule has 0 spiro atoms. The second-order valence-corrected chi connectivity index (χ2v) is 9.19. The Bertz CT molecular complexity index is 1240. The molecular weight excluding hydrogens is 484 g/mol. The number of rotatable bonds is 9. The quantitative estimate of drug-likeness (QED) is 0.403. The van der Waals surface area contributed by atoms with Gasteiger partial charge in [-0.3, -0.25) is 9.59 Å². The number of ether oxygens (including phenoxy) is 4. The molecule has 1 fully saturated rings. The Hall–Kier alpha value is -4.20. The molecule has 0 aliphatic carbocycles. The van der Waals surface area contributed by atoms with Crippen LogP contribution < -0.4 is 23.8 Å². The minimum Gasteiger partial charge on any atom is -0.497 e. The molecule has 3 aromatic rings. The van der Waals surface area contributed by atoms with Crippen molar-refractivity contribution in [1.29, 1.82) is 0 Å². The van der Waals surface area contributed by atoms with Gasteiger partial charge in [0.25, 0.3) is 0 Å². The Morgan fingerprint density at radius 3 is 2.08 bits per heavy atom. The van der Waals surface area contributed by atoms with Gasteiger partial charge >= 0.3 is 0 Å². The van der Waals surface area contributed by atoms with Crippen molar-refractivity contribution in [3.05, 3.63) is 77.9 Å². The van der Waals surface area contributed by atoms with Gasteiger partial charge in [0.05, 0.1) is 46.1 Å². The molecule has 1 saturated heterocycles. The van der Waals surface area contributed by atoms with Crippen LogP contribution in [0.2, 0.25) is 0 Å². The molecule has 200 valence electrons. The zero-order chi connectivity index (χ0) is 27.2. The van der Waals surface area contributed by atoms with Crippen LogP contribution in [0.3, 0.4) is 0 Å². The summed E-state index contributed by atoms with van der Waals surface area (Å²) in [6.07, 6.45) is 0.674. The first-order valence-corrected chi connectivity index (χ1v) is 12.5. The molecule has 8 heteroatoms. The van der Waals surface area contributed by atoms with E-state index in [1.165, 1.54) is 21.3 Å². The zero-order valence-electron chi connectivity index (χ0n) is 22.5. The fourth-order valence-electron chi connectivity index (χ4n) is 5.06. The lowest BCUT2D eigenvalue weighted by Crippen LogP contribution is -2.48. The SMILES string of the molecule is COc1ccc(C2C(C(=O)N(C)Cc3ccccc3)CCC(=O)N2c2cc(OC)c(OC)c(OC)c2)cc1. The molecule has 8 nitrogen and oxygen atoms in total. The Kier molecular flexibility index (Phi) is 8.41. The maximum Gasteiger partial charge on any atom is 0.228 e. The van der Waals surface area contributed by atoms with Crippen LogP contribution in [0.4, 0.5) is 5.69 Å². The Morgan fingerprint density at radius 2 is 1.53 bits per heavy atom. The first kappa shape index (κ1) is 26.9. The fraction of sp³-hybridized carbons (Fsp3) is 0.333. The molecule has 2 amide bonds. The second kappa shape index (κ2) is 11.9. The minimum atomic E-state index is -0.546. The number of amides is 2. The van der Waals surface area contributed by atoms with Gasteiger partial charge in [-0.05, 0) is 29.7 Å². The number of carbonyl (C=O) groups excluding carboxylic acids is 2. The Labute approximate surface area is 223 Å². The number of carbonyl (C=O) groups is 2. The maximum absolute atomic E-state index is 13.9. The number of hydrogen-bond acceptors (Lipinski definition) is 6. The lowest BCUT2D eigenvalue weighted by molar-refractivity contribution is -0.137. The number of anilines is 1. The van der Waals surface area contributed by atoms with Gasteiger partial charge < -0.3 is 28.7 Å². The monoisotopic (exact) mass is 518 g/mol. The van der Waals surface area contributed by atoms with Crippen molar-refractivity contribution in [3.63, 3.8) is 0 Å². The largest absolute Gasteiger partial charge is 0.497 e. The molecule has 3 aromatic carbocycles. The first-order valence-electron chi connectivity index (χ1n) is 12.5. The van der Waals surface area contributed by atoms with Gasteiger partial charge in [0.1, 0.15) is 5.75 Å². The molecule has 1 aliphatic heterocycles. The predicted octanol–water partition coefficient (Wildman–Crippen LogP) is 4.86. The molecular formula is C30H34N2O6.